The van der Waals surface area contributed by atoms with Crippen molar-refractivity contribution in [2.75, 3.05) is 0 Å². The van der Waals surface area contributed by atoms with Gasteiger partial charge in [-0.25, -0.2) is 9.98 Å². The van der Waals surface area contributed by atoms with Crippen LogP contribution in [0.3, 0.4) is 0 Å². The van der Waals surface area contributed by atoms with Crippen LogP contribution in [0, 0.1) is 17.2 Å². The summed E-state index contributed by atoms with van der Waals surface area (Å²) in [5, 5.41) is 17.8. The van der Waals surface area contributed by atoms with Crippen molar-refractivity contribution in [1.29, 1.82) is 5.26 Å². The van der Waals surface area contributed by atoms with Crippen LogP contribution >= 0.6 is 0 Å². The second-order valence-electron chi connectivity index (χ2n) is 3.09. The van der Waals surface area contributed by atoms with Gasteiger partial charge in [-0.2, -0.15) is 5.26 Å². The van der Waals surface area contributed by atoms with Crippen LogP contribution in [0.25, 0.3) is 5.57 Å². The number of aromatic nitrogens is 2. The monoisotopic (exact) mass is 214 g/mol. The van der Waals surface area contributed by atoms with Gasteiger partial charge in [-0.15, -0.1) is 0 Å². The number of amides is 1. The smallest absolute Gasteiger partial charge is 0.266 e. The Bertz CT molecular complexity index is 542. The highest BCUT2D eigenvalue weighted by atomic mass is 16.3. The zero-order valence-electron chi connectivity index (χ0n) is 8.03. The van der Waals surface area contributed by atoms with Crippen LogP contribution in [0.4, 0.5) is 0 Å². The van der Waals surface area contributed by atoms with E-state index in [1.54, 1.807) is 0 Å². The molecule has 2 heterocycles. The molecule has 0 aliphatic carbocycles. The van der Waals surface area contributed by atoms with E-state index >= 15 is 0 Å². The van der Waals surface area contributed by atoms with Crippen molar-refractivity contribution < 1.29 is 9.90 Å². The minimum absolute atomic E-state index is 0.225. The first-order valence-electron chi connectivity index (χ1n) is 4.41. The van der Waals surface area contributed by atoms with Crippen LogP contribution in [0.15, 0.2) is 23.5 Å². The summed E-state index contributed by atoms with van der Waals surface area (Å²) in [5.41, 5.74) is 0.867. The van der Waals surface area contributed by atoms with Gasteiger partial charge in [0.1, 0.15) is 5.92 Å². The maximum Gasteiger partial charge on any atom is 0.266 e. The van der Waals surface area contributed by atoms with Crippen molar-refractivity contribution in [3.8, 4) is 11.9 Å². The Labute approximate surface area is 90.6 Å². The Morgan fingerprint density at radius 3 is 2.94 bits per heavy atom. The molecule has 6 nitrogen and oxygen atoms in total. The number of nitrogens with zero attached hydrogens (tertiary/aromatic N) is 4. The van der Waals surface area contributed by atoms with Gasteiger partial charge in [-0.3, -0.25) is 9.78 Å². The Hall–Kier alpha value is -2.55. The van der Waals surface area contributed by atoms with Crippen molar-refractivity contribution >= 4 is 17.7 Å². The average molecular weight is 214 g/mol. The third kappa shape index (κ3) is 1.79. The second-order valence-corrected chi connectivity index (χ2v) is 3.09. The van der Waals surface area contributed by atoms with Crippen molar-refractivity contribution in [1.82, 2.24) is 9.97 Å². The fourth-order valence-corrected chi connectivity index (χ4v) is 1.25. The average Bonchev–Trinajstić information content (AvgIpc) is 2.29. The minimum atomic E-state index is -0.899. The van der Waals surface area contributed by atoms with E-state index in [0.717, 1.165) is 0 Å². The summed E-state index contributed by atoms with van der Waals surface area (Å²) in [6, 6.07) is 1.82. The lowest BCUT2D eigenvalue weighted by atomic mass is 10.0. The highest BCUT2D eigenvalue weighted by Crippen LogP contribution is 2.18. The molecule has 0 aromatic carbocycles. The van der Waals surface area contributed by atoms with Gasteiger partial charge in [-0.1, -0.05) is 0 Å². The summed E-state index contributed by atoms with van der Waals surface area (Å²) in [7, 11) is 0. The SMILES string of the molecule is N#CC1C=C(c2cncc(O)n2)C=NC1=O. The molecule has 0 radical (unpaired) electrons. The number of carbonyl (C=O) groups excluding carboxylic acids is 1. The molecule has 0 saturated carbocycles. The van der Waals surface area contributed by atoms with Gasteiger partial charge in [0, 0.05) is 11.8 Å². The highest BCUT2D eigenvalue weighted by Gasteiger charge is 2.19. The molecular weight excluding hydrogens is 208 g/mol. The van der Waals surface area contributed by atoms with Crippen LogP contribution < -0.4 is 0 Å². The first-order chi connectivity index (χ1) is 7.70. The van der Waals surface area contributed by atoms with Crippen LogP contribution in [0.5, 0.6) is 5.88 Å². The van der Waals surface area contributed by atoms with E-state index in [0.29, 0.717) is 11.3 Å². The van der Waals surface area contributed by atoms with Crippen LogP contribution in [0.1, 0.15) is 5.69 Å². The van der Waals surface area contributed by atoms with Gasteiger partial charge < -0.3 is 5.11 Å². The van der Waals surface area contributed by atoms with Crippen molar-refractivity contribution in [3.05, 3.63) is 24.2 Å². The number of hydrogen-bond acceptors (Lipinski definition) is 5. The van der Waals surface area contributed by atoms with Gasteiger partial charge >= 0.3 is 0 Å². The molecule has 1 aliphatic heterocycles. The molecule has 1 aliphatic rings. The number of rotatable bonds is 1. The first kappa shape index (κ1) is 9.98. The van der Waals surface area contributed by atoms with Crippen LogP contribution in [0.2, 0.25) is 0 Å². The van der Waals surface area contributed by atoms with Crippen molar-refractivity contribution in [2.24, 2.45) is 10.9 Å². The first-order valence-corrected chi connectivity index (χ1v) is 4.41. The lowest BCUT2D eigenvalue weighted by Gasteiger charge is -2.07. The predicted molar refractivity (Wildman–Crippen MR) is 54.3 cm³/mol. The summed E-state index contributed by atoms with van der Waals surface area (Å²) in [6.07, 6.45) is 5.36. The van der Waals surface area contributed by atoms with E-state index in [1.807, 2.05) is 6.07 Å². The molecule has 0 fully saturated rings. The van der Waals surface area contributed by atoms with E-state index in [9.17, 15) is 4.79 Å². The molecule has 0 bridgehead atoms. The molecule has 0 spiro atoms. The molecule has 1 atom stereocenters. The number of dihydropyridines is 1. The molecule has 1 aromatic heterocycles. The summed E-state index contributed by atoms with van der Waals surface area (Å²) in [5.74, 6) is -1.62. The standard InChI is InChI=1S/C10H6N4O2/c11-2-6-1-7(3-13-10(6)16)8-4-12-5-9(15)14-8/h1,3-6H,(H,14,15). The van der Waals surface area contributed by atoms with Gasteiger partial charge in [-0.05, 0) is 6.08 Å². The second kappa shape index (κ2) is 3.90. The van der Waals surface area contributed by atoms with Gasteiger partial charge in [0.2, 0.25) is 5.88 Å². The number of hydrogen-bond donors (Lipinski definition) is 1. The van der Waals surface area contributed by atoms with E-state index in [-0.39, 0.29) is 5.88 Å². The lowest BCUT2D eigenvalue weighted by Crippen LogP contribution is -2.13. The van der Waals surface area contributed by atoms with Crippen LogP contribution in [-0.4, -0.2) is 27.2 Å². The molecule has 1 N–H and O–H groups in total. The summed E-state index contributed by atoms with van der Waals surface area (Å²) in [6.45, 7) is 0. The number of nitriles is 1. The Morgan fingerprint density at radius 1 is 1.44 bits per heavy atom. The van der Waals surface area contributed by atoms with Crippen LogP contribution in [-0.2, 0) is 4.79 Å². The zero-order chi connectivity index (χ0) is 11.5. The normalized spacial score (nSPS) is 19.1. The summed E-state index contributed by atoms with van der Waals surface area (Å²) >= 11 is 0. The van der Waals surface area contributed by atoms with Gasteiger partial charge in [0.25, 0.3) is 5.91 Å². The number of aliphatic imine (C=N–C) groups is 1. The molecule has 1 amide bonds. The van der Waals surface area contributed by atoms with Gasteiger partial charge in [0.05, 0.1) is 24.2 Å². The molecule has 16 heavy (non-hydrogen) atoms. The summed E-state index contributed by atoms with van der Waals surface area (Å²) in [4.78, 5) is 22.2. The Balaban J connectivity index is 2.40. The number of aromatic hydroxyl groups is 1. The third-order valence-electron chi connectivity index (χ3n) is 2.00. The van der Waals surface area contributed by atoms with Crippen molar-refractivity contribution in [2.45, 2.75) is 0 Å². The molecule has 1 aromatic rings. The molecule has 78 valence electrons. The molecule has 6 heteroatoms. The third-order valence-corrected chi connectivity index (χ3v) is 2.00. The highest BCUT2D eigenvalue weighted by molar-refractivity contribution is 6.16. The van der Waals surface area contributed by atoms with E-state index < -0.39 is 11.8 Å². The molecule has 0 saturated heterocycles. The number of carbonyl (C=O) groups is 1. The molecule has 2 rings (SSSR count). The van der Waals surface area contributed by atoms with E-state index in [1.165, 1.54) is 24.7 Å². The van der Waals surface area contributed by atoms with Gasteiger partial charge in [0.15, 0.2) is 0 Å². The topological polar surface area (TPSA) is 99.2 Å². The van der Waals surface area contributed by atoms with E-state index in [4.69, 9.17) is 10.4 Å². The van der Waals surface area contributed by atoms with E-state index in [2.05, 4.69) is 15.0 Å². The fraction of sp³-hybridized carbons (Fsp3) is 0.100. The number of allylic oxidation sites excluding steroid dienone is 1. The Kier molecular flexibility index (Phi) is 2.44. The van der Waals surface area contributed by atoms with Crippen molar-refractivity contribution in [3.63, 3.8) is 0 Å². The quantitative estimate of drug-likeness (QED) is 0.725. The molecular formula is C10H6N4O2. The largest absolute Gasteiger partial charge is 0.492 e. The maximum absolute atomic E-state index is 11.1. The molecule has 1 unspecified atom stereocenters. The summed E-state index contributed by atoms with van der Waals surface area (Å²) < 4.78 is 0. The fourth-order valence-electron chi connectivity index (χ4n) is 1.25. The maximum atomic E-state index is 11.1. The minimum Gasteiger partial charge on any atom is -0.492 e. The Morgan fingerprint density at radius 2 is 2.25 bits per heavy atom. The zero-order valence-corrected chi connectivity index (χ0v) is 8.03. The lowest BCUT2D eigenvalue weighted by molar-refractivity contribution is -0.118. The predicted octanol–water partition coefficient (Wildman–Crippen LogP) is 0.316.